The summed E-state index contributed by atoms with van der Waals surface area (Å²) in [6, 6.07) is 3.93. The first kappa shape index (κ1) is 13.6. The van der Waals surface area contributed by atoms with Crippen molar-refractivity contribution in [2.75, 3.05) is 6.61 Å². The molecule has 1 aromatic heterocycles. The number of hydrogen-bond donors (Lipinski definition) is 0. The van der Waals surface area contributed by atoms with E-state index in [0.717, 1.165) is 6.42 Å². The maximum Gasteiger partial charge on any atom is 0.176 e. The summed E-state index contributed by atoms with van der Waals surface area (Å²) in [4.78, 5) is 3.91. The van der Waals surface area contributed by atoms with E-state index in [9.17, 15) is 0 Å². The minimum absolute atomic E-state index is 0.188. The second-order valence-corrected chi connectivity index (χ2v) is 5.03. The number of nitriles is 2. The highest BCUT2D eigenvalue weighted by Gasteiger charge is 2.21. The molecule has 100 valence electrons. The quantitative estimate of drug-likeness (QED) is 0.829. The van der Waals surface area contributed by atoms with Crippen molar-refractivity contribution in [1.82, 2.24) is 9.55 Å². The van der Waals surface area contributed by atoms with E-state index in [1.54, 1.807) is 4.57 Å². The molecule has 0 spiro atoms. The van der Waals surface area contributed by atoms with Gasteiger partial charge in [-0.3, -0.25) is 0 Å². The van der Waals surface area contributed by atoms with Gasteiger partial charge < -0.3 is 9.30 Å². The molecule has 1 fully saturated rings. The monoisotopic (exact) mass is 258 g/mol. The van der Waals surface area contributed by atoms with Gasteiger partial charge in [0.15, 0.2) is 11.4 Å². The molecule has 2 rings (SSSR count). The first-order valence-electron chi connectivity index (χ1n) is 6.73. The first-order chi connectivity index (χ1) is 9.26. The fraction of sp³-hybridized carbons (Fsp3) is 0.643. The number of nitrogens with zero attached hydrogens (tertiary/aromatic N) is 4. The summed E-state index contributed by atoms with van der Waals surface area (Å²) >= 11 is 0. The van der Waals surface area contributed by atoms with Gasteiger partial charge in [0, 0.05) is 6.54 Å². The molecule has 1 aliphatic rings. The summed E-state index contributed by atoms with van der Waals surface area (Å²) < 4.78 is 7.59. The maximum absolute atomic E-state index is 9.01. The van der Waals surface area contributed by atoms with Crippen LogP contribution in [0.15, 0.2) is 6.33 Å². The normalized spacial score (nSPS) is 22.7. The summed E-state index contributed by atoms with van der Waals surface area (Å²) in [6.07, 6.45) is 6.76. The van der Waals surface area contributed by atoms with Crippen molar-refractivity contribution in [3.05, 3.63) is 17.7 Å². The molecular formula is C14H18N4O. The molecule has 2 atom stereocenters. The van der Waals surface area contributed by atoms with Crippen molar-refractivity contribution in [3.63, 3.8) is 0 Å². The Morgan fingerprint density at radius 3 is 2.84 bits per heavy atom. The van der Waals surface area contributed by atoms with E-state index in [0.29, 0.717) is 30.9 Å². The molecule has 0 unspecified atom stereocenters. The topological polar surface area (TPSA) is 74.6 Å². The lowest BCUT2D eigenvalue weighted by molar-refractivity contribution is -0.00843. The van der Waals surface area contributed by atoms with Crippen LogP contribution in [0.1, 0.15) is 44.0 Å². The van der Waals surface area contributed by atoms with Gasteiger partial charge in [-0.2, -0.15) is 10.5 Å². The lowest BCUT2D eigenvalue weighted by Gasteiger charge is -2.28. The van der Waals surface area contributed by atoms with Crippen LogP contribution < -0.4 is 0 Å². The Labute approximate surface area is 113 Å². The van der Waals surface area contributed by atoms with Crippen molar-refractivity contribution >= 4 is 0 Å². The average molecular weight is 258 g/mol. The van der Waals surface area contributed by atoms with Crippen molar-refractivity contribution < 1.29 is 4.74 Å². The van der Waals surface area contributed by atoms with Gasteiger partial charge in [-0.15, -0.1) is 0 Å². The predicted octanol–water partition coefficient (Wildman–Crippen LogP) is 2.22. The molecule has 0 amide bonds. The molecule has 0 aliphatic heterocycles. The molecule has 5 heteroatoms. The minimum Gasteiger partial charge on any atom is -0.376 e. The lowest BCUT2D eigenvalue weighted by Crippen LogP contribution is -2.27. The molecule has 19 heavy (non-hydrogen) atoms. The summed E-state index contributed by atoms with van der Waals surface area (Å²) in [7, 11) is 0. The van der Waals surface area contributed by atoms with Gasteiger partial charge in [0.2, 0.25) is 0 Å². The van der Waals surface area contributed by atoms with Gasteiger partial charge in [-0.1, -0.05) is 19.8 Å². The molecular weight excluding hydrogens is 240 g/mol. The van der Waals surface area contributed by atoms with Crippen molar-refractivity contribution in [2.45, 2.75) is 45.3 Å². The zero-order chi connectivity index (χ0) is 13.7. The van der Waals surface area contributed by atoms with Crippen LogP contribution in [0.25, 0.3) is 0 Å². The van der Waals surface area contributed by atoms with Gasteiger partial charge in [-0.05, 0) is 18.8 Å². The third-order valence-electron chi connectivity index (χ3n) is 3.75. The van der Waals surface area contributed by atoms with E-state index in [2.05, 4.69) is 11.9 Å². The van der Waals surface area contributed by atoms with Crippen molar-refractivity contribution in [3.8, 4) is 12.1 Å². The molecule has 1 aliphatic carbocycles. The van der Waals surface area contributed by atoms with Crippen LogP contribution in [-0.2, 0) is 11.3 Å². The predicted molar refractivity (Wildman–Crippen MR) is 69.0 cm³/mol. The minimum atomic E-state index is 0.188. The third-order valence-corrected chi connectivity index (χ3v) is 3.75. The molecule has 0 saturated heterocycles. The highest BCUT2D eigenvalue weighted by atomic mass is 16.5. The zero-order valence-electron chi connectivity index (χ0n) is 11.2. The van der Waals surface area contributed by atoms with E-state index >= 15 is 0 Å². The van der Waals surface area contributed by atoms with Crippen LogP contribution >= 0.6 is 0 Å². The maximum atomic E-state index is 9.01. The van der Waals surface area contributed by atoms with Gasteiger partial charge in [0.25, 0.3) is 0 Å². The van der Waals surface area contributed by atoms with Gasteiger partial charge in [0.1, 0.15) is 12.1 Å². The first-order valence-corrected chi connectivity index (χ1v) is 6.73. The van der Waals surface area contributed by atoms with Gasteiger partial charge in [0.05, 0.1) is 19.0 Å². The Bertz CT molecular complexity index is 508. The largest absolute Gasteiger partial charge is 0.376 e. The molecule has 0 aromatic carbocycles. The molecule has 5 nitrogen and oxygen atoms in total. The summed E-state index contributed by atoms with van der Waals surface area (Å²) in [5.74, 6) is 0.613. The van der Waals surface area contributed by atoms with E-state index in [1.165, 1.54) is 25.6 Å². The van der Waals surface area contributed by atoms with E-state index in [1.807, 2.05) is 12.1 Å². The molecule has 1 saturated carbocycles. The average Bonchev–Trinajstić information content (AvgIpc) is 2.83. The Hall–Kier alpha value is -1.85. The number of aromatic nitrogens is 2. The van der Waals surface area contributed by atoms with Crippen molar-refractivity contribution in [2.24, 2.45) is 5.92 Å². The van der Waals surface area contributed by atoms with E-state index < -0.39 is 0 Å². The molecule has 1 heterocycles. The second kappa shape index (κ2) is 6.36. The van der Waals surface area contributed by atoms with Crippen LogP contribution in [0.4, 0.5) is 0 Å². The Morgan fingerprint density at radius 1 is 1.37 bits per heavy atom. The molecule has 0 N–H and O–H groups in total. The number of ether oxygens (including phenoxy) is 1. The van der Waals surface area contributed by atoms with Gasteiger partial charge in [-0.25, -0.2) is 4.98 Å². The smallest absolute Gasteiger partial charge is 0.176 e. The van der Waals surface area contributed by atoms with Crippen LogP contribution in [0.5, 0.6) is 0 Å². The highest BCUT2D eigenvalue weighted by Crippen LogP contribution is 2.26. The fourth-order valence-corrected chi connectivity index (χ4v) is 2.58. The Balaban J connectivity index is 1.88. The second-order valence-electron chi connectivity index (χ2n) is 5.03. The van der Waals surface area contributed by atoms with Gasteiger partial charge >= 0.3 is 0 Å². The number of hydrogen-bond acceptors (Lipinski definition) is 4. The summed E-state index contributed by atoms with van der Waals surface area (Å²) in [5, 5.41) is 17.8. The molecule has 1 aromatic rings. The molecule has 0 radical (unpaired) electrons. The standard InChI is InChI=1S/C14H18N4O/c1-11-4-2-3-5-14(11)19-7-6-18-10-17-12(8-15)13(18)9-16/h10-11,14H,2-7H2,1H3/t11-,14-/m1/s1. The van der Waals surface area contributed by atoms with Crippen LogP contribution in [-0.4, -0.2) is 22.3 Å². The van der Waals surface area contributed by atoms with Crippen LogP contribution in [0, 0.1) is 28.6 Å². The number of imidazole rings is 1. The zero-order valence-corrected chi connectivity index (χ0v) is 11.2. The van der Waals surface area contributed by atoms with E-state index in [-0.39, 0.29) is 5.69 Å². The fourth-order valence-electron chi connectivity index (χ4n) is 2.58. The van der Waals surface area contributed by atoms with Crippen LogP contribution in [0.2, 0.25) is 0 Å². The Kier molecular flexibility index (Phi) is 4.54. The van der Waals surface area contributed by atoms with E-state index in [4.69, 9.17) is 15.3 Å². The SMILES string of the molecule is C[C@@H]1CCCC[C@H]1OCCn1cnc(C#N)c1C#N. The molecule has 0 bridgehead atoms. The van der Waals surface area contributed by atoms with Crippen LogP contribution in [0.3, 0.4) is 0 Å². The summed E-state index contributed by atoms with van der Waals surface area (Å²) in [6.45, 7) is 3.36. The lowest BCUT2D eigenvalue weighted by atomic mass is 9.88. The Morgan fingerprint density at radius 2 is 2.16 bits per heavy atom. The summed E-state index contributed by atoms with van der Waals surface area (Å²) in [5.41, 5.74) is 0.510. The highest BCUT2D eigenvalue weighted by molar-refractivity contribution is 5.35. The number of rotatable bonds is 4. The third kappa shape index (κ3) is 3.13. The van der Waals surface area contributed by atoms with Crippen molar-refractivity contribution in [1.29, 1.82) is 10.5 Å².